The molecule has 0 bridgehead atoms. The molecular weight excluding hydrogens is 268 g/mol. The molecule has 0 saturated heterocycles. The third-order valence-corrected chi connectivity index (χ3v) is 3.57. The molecule has 0 radical (unpaired) electrons. The largest absolute Gasteiger partial charge is 0.363 e. The molecule has 100 valence electrons. The van der Waals surface area contributed by atoms with E-state index in [9.17, 15) is 0 Å². The predicted molar refractivity (Wildman–Crippen MR) is 86.5 cm³/mol. The van der Waals surface area contributed by atoms with Gasteiger partial charge in [0.1, 0.15) is 5.82 Å². The van der Waals surface area contributed by atoms with Crippen molar-refractivity contribution in [2.24, 2.45) is 0 Å². The van der Waals surface area contributed by atoms with Gasteiger partial charge in [0.15, 0.2) is 0 Å². The molecule has 2 nitrogen and oxygen atoms in total. The second-order valence-corrected chi connectivity index (χ2v) is 5.38. The van der Waals surface area contributed by atoms with Gasteiger partial charge in [-0.15, -0.1) is 0 Å². The molecule has 0 saturated carbocycles. The fourth-order valence-corrected chi connectivity index (χ4v) is 2.38. The first-order chi connectivity index (χ1) is 9.65. The van der Waals surface area contributed by atoms with Crippen molar-refractivity contribution >= 4 is 28.3 Å². The summed E-state index contributed by atoms with van der Waals surface area (Å²) in [4.78, 5) is 6.70. The van der Waals surface area contributed by atoms with Gasteiger partial charge in [-0.25, -0.2) is 4.98 Å². The second-order valence-electron chi connectivity index (χ2n) is 4.95. The first kappa shape index (κ1) is 12.9. The van der Waals surface area contributed by atoms with E-state index in [0.29, 0.717) is 0 Å². The number of anilines is 1. The Hall–Kier alpha value is -2.06. The van der Waals surface area contributed by atoms with E-state index in [1.54, 1.807) is 0 Å². The smallest absolute Gasteiger partial charge is 0.129 e. The van der Waals surface area contributed by atoms with Crippen LogP contribution in [0, 0.1) is 0 Å². The number of hydrogen-bond donors (Lipinski definition) is 0. The van der Waals surface area contributed by atoms with Crippen molar-refractivity contribution in [3.63, 3.8) is 0 Å². The zero-order valence-electron chi connectivity index (χ0n) is 11.5. The first-order valence-electron chi connectivity index (χ1n) is 6.48. The highest BCUT2D eigenvalue weighted by Crippen LogP contribution is 2.31. The lowest BCUT2D eigenvalue weighted by atomic mass is 10.0. The average molecular weight is 283 g/mol. The van der Waals surface area contributed by atoms with E-state index in [0.717, 1.165) is 27.3 Å². The van der Waals surface area contributed by atoms with Gasteiger partial charge in [0.05, 0.1) is 5.52 Å². The van der Waals surface area contributed by atoms with Gasteiger partial charge in [0.2, 0.25) is 0 Å². The molecule has 0 N–H and O–H groups in total. The quantitative estimate of drug-likeness (QED) is 0.682. The van der Waals surface area contributed by atoms with Gasteiger partial charge in [0.25, 0.3) is 0 Å². The van der Waals surface area contributed by atoms with Crippen LogP contribution in [0.15, 0.2) is 54.6 Å². The minimum Gasteiger partial charge on any atom is -0.363 e. The molecule has 0 spiro atoms. The van der Waals surface area contributed by atoms with Crippen molar-refractivity contribution in [3.8, 4) is 11.1 Å². The van der Waals surface area contributed by atoms with Crippen LogP contribution in [0.1, 0.15) is 0 Å². The summed E-state index contributed by atoms with van der Waals surface area (Å²) in [6.45, 7) is 0. The molecule has 2 aromatic carbocycles. The number of aromatic nitrogens is 1. The van der Waals surface area contributed by atoms with Gasteiger partial charge in [-0.2, -0.15) is 0 Å². The van der Waals surface area contributed by atoms with Crippen LogP contribution in [0.3, 0.4) is 0 Å². The van der Waals surface area contributed by atoms with Gasteiger partial charge < -0.3 is 4.90 Å². The number of nitrogens with zero attached hydrogens (tertiary/aromatic N) is 2. The van der Waals surface area contributed by atoms with Gasteiger partial charge in [-0.3, -0.25) is 0 Å². The number of para-hydroxylation sites is 1. The van der Waals surface area contributed by atoms with Crippen LogP contribution >= 0.6 is 11.6 Å². The van der Waals surface area contributed by atoms with Crippen LogP contribution in [0.4, 0.5) is 5.82 Å². The van der Waals surface area contributed by atoms with E-state index in [-0.39, 0.29) is 0 Å². The Labute approximate surface area is 123 Å². The van der Waals surface area contributed by atoms with Crippen molar-refractivity contribution in [2.75, 3.05) is 19.0 Å². The molecule has 3 heteroatoms. The Morgan fingerprint density at radius 1 is 0.950 bits per heavy atom. The van der Waals surface area contributed by atoms with Crippen molar-refractivity contribution in [3.05, 3.63) is 59.6 Å². The summed E-state index contributed by atoms with van der Waals surface area (Å²) >= 11 is 5.98. The Kier molecular flexibility index (Phi) is 3.33. The van der Waals surface area contributed by atoms with Crippen LogP contribution in [-0.2, 0) is 0 Å². The summed E-state index contributed by atoms with van der Waals surface area (Å²) in [5.74, 6) is 0.952. The summed E-state index contributed by atoms with van der Waals surface area (Å²) in [7, 11) is 4.01. The third-order valence-electron chi connectivity index (χ3n) is 3.32. The zero-order chi connectivity index (χ0) is 14.1. The number of rotatable bonds is 2. The van der Waals surface area contributed by atoms with Crippen LogP contribution < -0.4 is 4.90 Å². The Morgan fingerprint density at radius 2 is 1.65 bits per heavy atom. The SMILES string of the molecule is CN(C)c1cc(-c2ccc(Cl)cc2)c2ccccc2n1. The maximum atomic E-state index is 5.98. The van der Waals surface area contributed by atoms with Gasteiger partial charge >= 0.3 is 0 Å². The summed E-state index contributed by atoms with van der Waals surface area (Å²) in [6, 6.07) is 18.2. The third kappa shape index (κ3) is 2.35. The summed E-state index contributed by atoms with van der Waals surface area (Å²) in [5, 5.41) is 1.90. The molecule has 0 aliphatic heterocycles. The summed E-state index contributed by atoms with van der Waals surface area (Å²) in [6.07, 6.45) is 0. The normalized spacial score (nSPS) is 10.8. The monoisotopic (exact) mass is 282 g/mol. The molecule has 1 heterocycles. The lowest BCUT2D eigenvalue weighted by molar-refractivity contribution is 1.08. The van der Waals surface area contributed by atoms with E-state index in [1.165, 1.54) is 5.56 Å². The topological polar surface area (TPSA) is 16.1 Å². The fraction of sp³-hybridized carbons (Fsp3) is 0.118. The molecule has 0 aliphatic rings. The van der Waals surface area contributed by atoms with Gasteiger partial charge in [-0.05, 0) is 35.4 Å². The molecule has 0 unspecified atom stereocenters. The number of halogens is 1. The highest BCUT2D eigenvalue weighted by atomic mass is 35.5. The highest BCUT2D eigenvalue weighted by Gasteiger charge is 2.08. The Balaban J connectivity index is 2.29. The molecule has 3 rings (SSSR count). The van der Waals surface area contributed by atoms with E-state index in [1.807, 2.05) is 61.5 Å². The van der Waals surface area contributed by atoms with Crippen LogP contribution in [0.2, 0.25) is 5.02 Å². The van der Waals surface area contributed by atoms with Crippen molar-refractivity contribution in [1.29, 1.82) is 0 Å². The van der Waals surface area contributed by atoms with Crippen LogP contribution in [0.5, 0.6) is 0 Å². The van der Waals surface area contributed by atoms with E-state index in [4.69, 9.17) is 11.6 Å². The molecular formula is C17H15ClN2. The number of hydrogen-bond acceptors (Lipinski definition) is 2. The van der Waals surface area contributed by atoms with E-state index < -0.39 is 0 Å². The first-order valence-corrected chi connectivity index (χ1v) is 6.86. The molecule has 0 atom stereocenters. The van der Waals surface area contributed by atoms with Crippen molar-refractivity contribution in [1.82, 2.24) is 4.98 Å². The maximum Gasteiger partial charge on any atom is 0.129 e. The second kappa shape index (κ2) is 5.14. The maximum absolute atomic E-state index is 5.98. The number of fused-ring (bicyclic) bond motifs is 1. The Morgan fingerprint density at radius 3 is 2.35 bits per heavy atom. The number of pyridine rings is 1. The van der Waals surface area contributed by atoms with Gasteiger partial charge in [-0.1, -0.05) is 41.9 Å². The lowest BCUT2D eigenvalue weighted by Crippen LogP contribution is -2.10. The fourth-order valence-electron chi connectivity index (χ4n) is 2.26. The van der Waals surface area contributed by atoms with E-state index in [2.05, 4.69) is 17.1 Å². The Bertz CT molecular complexity index is 749. The molecule has 0 fully saturated rings. The number of benzene rings is 2. The van der Waals surface area contributed by atoms with Crippen LogP contribution in [-0.4, -0.2) is 19.1 Å². The molecule has 20 heavy (non-hydrogen) atoms. The standard InChI is InChI=1S/C17H15ClN2/c1-20(2)17-11-15(12-7-9-13(18)10-8-12)14-5-3-4-6-16(14)19-17/h3-11H,1-2H3. The molecule has 3 aromatic rings. The summed E-state index contributed by atoms with van der Waals surface area (Å²) in [5.41, 5.74) is 3.33. The molecule has 1 aromatic heterocycles. The summed E-state index contributed by atoms with van der Waals surface area (Å²) < 4.78 is 0. The highest BCUT2D eigenvalue weighted by molar-refractivity contribution is 6.30. The lowest BCUT2D eigenvalue weighted by Gasteiger charge is -2.15. The molecule has 0 amide bonds. The van der Waals surface area contributed by atoms with Crippen molar-refractivity contribution < 1.29 is 0 Å². The van der Waals surface area contributed by atoms with Crippen LogP contribution in [0.25, 0.3) is 22.0 Å². The van der Waals surface area contributed by atoms with Crippen molar-refractivity contribution in [2.45, 2.75) is 0 Å². The van der Waals surface area contributed by atoms with Gasteiger partial charge in [0, 0.05) is 24.5 Å². The van der Waals surface area contributed by atoms with E-state index >= 15 is 0 Å². The predicted octanol–water partition coefficient (Wildman–Crippen LogP) is 4.62. The zero-order valence-corrected chi connectivity index (χ0v) is 12.2. The minimum absolute atomic E-state index is 0.750. The average Bonchev–Trinajstić information content (AvgIpc) is 2.47. The molecule has 0 aliphatic carbocycles. The minimum atomic E-state index is 0.750.